The maximum atomic E-state index is 8.88. The van der Waals surface area contributed by atoms with E-state index in [0.717, 1.165) is 0 Å². The van der Waals surface area contributed by atoms with Crippen LogP contribution in [0.1, 0.15) is 7.43 Å². The van der Waals surface area contributed by atoms with Crippen molar-refractivity contribution in [1.29, 1.82) is 0 Å². The Bertz CT molecular complexity index is 192. The van der Waals surface area contributed by atoms with Crippen molar-refractivity contribution < 1.29 is 36.8 Å². The molecule has 0 aromatic rings. The van der Waals surface area contributed by atoms with Gasteiger partial charge in [0.15, 0.2) is 0 Å². The Balaban J connectivity index is -0.000000107. The lowest BCUT2D eigenvalue weighted by Crippen LogP contribution is -1.89. The van der Waals surface area contributed by atoms with Crippen molar-refractivity contribution in [3.05, 3.63) is 0 Å². The zero-order valence-electron chi connectivity index (χ0n) is 4.32. The third-order valence-electron chi connectivity index (χ3n) is 0. The van der Waals surface area contributed by atoms with Gasteiger partial charge in [-0.05, 0) is 0 Å². The van der Waals surface area contributed by atoms with E-state index >= 15 is 0 Å². The molecule has 0 spiro atoms. The quantitative estimate of drug-likeness (QED) is 0.254. The summed E-state index contributed by atoms with van der Waals surface area (Å²) in [4.78, 5) is 21.6. The highest BCUT2D eigenvalue weighted by Crippen LogP contribution is 2.25. The normalized spacial score (nSPS) is 10.6. The van der Waals surface area contributed by atoms with E-state index in [9.17, 15) is 0 Å². The van der Waals surface area contributed by atoms with Crippen LogP contribution in [-0.2, 0) is 15.0 Å². The molecule has 0 saturated heterocycles. The van der Waals surface area contributed by atoms with Crippen molar-refractivity contribution in [3.63, 3.8) is 0 Å². The Kier molecular flexibility index (Phi) is 8.75. The lowest BCUT2D eigenvalue weighted by molar-refractivity contribution is 0.275. The van der Waals surface area contributed by atoms with Crippen LogP contribution < -0.4 is 0 Å². The van der Waals surface area contributed by atoms with Crippen LogP contribution in [0, 0.1) is 0 Å². The van der Waals surface area contributed by atoms with Gasteiger partial charge in [-0.2, -0.15) is 8.42 Å². The fourth-order valence-electron chi connectivity index (χ4n) is 0. The molecule has 0 aromatic heterocycles. The zero-order chi connectivity index (χ0) is 9.00. The fraction of sp³-hybridized carbons (Fsp3) is 1.00. The molecule has 8 nitrogen and oxygen atoms in total. The van der Waals surface area contributed by atoms with Crippen molar-refractivity contribution in [1.82, 2.24) is 0 Å². The lowest BCUT2D eigenvalue weighted by atomic mass is 12.0. The summed E-state index contributed by atoms with van der Waals surface area (Å²) in [6.45, 7) is 0. The van der Waals surface area contributed by atoms with Crippen molar-refractivity contribution in [2.24, 2.45) is 0 Å². The topological polar surface area (TPSA) is 152 Å². The molecule has 0 aliphatic carbocycles. The minimum absolute atomic E-state index is 0. The van der Waals surface area contributed by atoms with Crippen LogP contribution in [0.2, 0.25) is 0 Å². The van der Waals surface area contributed by atoms with Gasteiger partial charge in [-0.3, -0.25) is 9.11 Å². The molecular formula is CH9O8PS. The first kappa shape index (κ1) is 17.2. The number of hydrogen-bond acceptors (Lipinski definition) is 3. The Morgan fingerprint density at radius 2 is 1.00 bits per heavy atom. The van der Waals surface area contributed by atoms with Gasteiger partial charge in [-0.25, -0.2) is 4.57 Å². The summed E-state index contributed by atoms with van der Waals surface area (Å²) >= 11 is 0. The SMILES string of the molecule is C.O=P(O)(O)O.O=S(=O)(O)O. The molecule has 0 heterocycles. The molecule has 10 heteroatoms. The van der Waals surface area contributed by atoms with Crippen LogP contribution in [0.3, 0.4) is 0 Å². The maximum absolute atomic E-state index is 8.88. The number of hydrogen-bond donors (Lipinski definition) is 5. The molecule has 0 aromatic carbocycles. The minimum atomic E-state index is -4.67. The predicted octanol–water partition coefficient (Wildman–Crippen LogP) is -0.945. The lowest BCUT2D eigenvalue weighted by Gasteiger charge is -1.82. The highest BCUT2D eigenvalue weighted by Gasteiger charge is 2.00. The van der Waals surface area contributed by atoms with Gasteiger partial charge in [0.05, 0.1) is 0 Å². The Hall–Kier alpha value is -0.0200. The monoisotopic (exact) mass is 212 g/mol. The molecule has 11 heavy (non-hydrogen) atoms. The second-order valence-electron chi connectivity index (χ2n) is 0.961. The second kappa shape index (κ2) is 5.61. The average molecular weight is 212 g/mol. The summed E-state index contributed by atoms with van der Waals surface area (Å²) in [6.07, 6.45) is 0. The van der Waals surface area contributed by atoms with Gasteiger partial charge in [0, 0.05) is 0 Å². The predicted molar refractivity (Wildman–Crippen MR) is 35.2 cm³/mol. The summed E-state index contributed by atoms with van der Waals surface area (Å²) in [6, 6.07) is 0. The number of rotatable bonds is 0. The molecule has 0 unspecified atom stereocenters. The van der Waals surface area contributed by atoms with Gasteiger partial charge in [0.2, 0.25) is 0 Å². The summed E-state index contributed by atoms with van der Waals surface area (Å²) < 4.78 is 40.5. The smallest absolute Gasteiger partial charge is 0.303 e. The summed E-state index contributed by atoms with van der Waals surface area (Å²) in [7, 11) is -9.31. The Labute approximate surface area is 63.3 Å². The van der Waals surface area contributed by atoms with E-state index in [4.69, 9.17) is 36.8 Å². The molecule has 0 aliphatic rings. The highest BCUT2D eigenvalue weighted by atomic mass is 32.3. The molecule has 0 saturated carbocycles. The third kappa shape index (κ3) is 1590000. The molecule has 0 aliphatic heterocycles. The van der Waals surface area contributed by atoms with Crippen molar-refractivity contribution in [3.8, 4) is 0 Å². The van der Waals surface area contributed by atoms with Crippen molar-refractivity contribution in [2.75, 3.05) is 0 Å². The first-order valence-corrected chi connectivity index (χ1v) is 4.44. The van der Waals surface area contributed by atoms with Crippen LogP contribution in [0.4, 0.5) is 0 Å². The van der Waals surface area contributed by atoms with Gasteiger partial charge < -0.3 is 14.7 Å². The van der Waals surface area contributed by atoms with E-state index in [0.29, 0.717) is 0 Å². The molecular weight excluding hydrogens is 203 g/mol. The Morgan fingerprint density at radius 1 is 1.00 bits per heavy atom. The van der Waals surface area contributed by atoms with Crippen LogP contribution in [0.25, 0.3) is 0 Å². The summed E-state index contributed by atoms with van der Waals surface area (Å²) in [5.74, 6) is 0. The van der Waals surface area contributed by atoms with Gasteiger partial charge in [0.1, 0.15) is 0 Å². The molecule has 72 valence electrons. The molecule has 0 atom stereocenters. The summed E-state index contributed by atoms with van der Waals surface area (Å²) in [5, 5.41) is 0. The molecule has 0 bridgehead atoms. The van der Waals surface area contributed by atoms with Gasteiger partial charge in [0.25, 0.3) is 0 Å². The van der Waals surface area contributed by atoms with Crippen LogP contribution in [0.15, 0.2) is 0 Å². The van der Waals surface area contributed by atoms with Crippen LogP contribution in [-0.4, -0.2) is 32.2 Å². The van der Waals surface area contributed by atoms with E-state index in [2.05, 4.69) is 0 Å². The summed E-state index contributed by atoms with van der Waals surface area (Å²) in [5.41, 5.74) is 0. The zero-order valence-corrected chi connectivity index (χ0v) is 6.03. The molecule has 0 rings (SSSR count). The Morgan fingerprint density at radius 3 is 1.00 bits per heavy atom. The molecule has 5 N–H and O–H groups in total. The van der Waals surface area contributed by atoms with Crippen molar-refractivity contribution >= 4 is 18.2 Å². The van der Waals surface area contributed by atoms with E-state index in [-0.39, 0.29) is 7.43 Å². The van der Waals surface area contributed by atoms with E-state index < -0.39 is 18.2 Å². The molecule has 0 fully saturated rings. The highest BCUT2D eigenvalue weighted by molar-refractivity contribution is 7.79. The number of phosphoric acid groups is 1. The van der Waals surface area contributed by atoms with E-state index in [1.165, 1.54) is 0 Å². The molecule has 0 radical (unpaired) electrons. The van der Waals surface area contributed by atoms with Gasteiger partial charge in [-0.1, -0.05) is 7.43 Å². The van der Waals surface area contributed by atoms with Gasteiger partial charge >= 0.3 is 18.2 Å². The van der Waals surface area contributed by atoms with Crippen LogP contribution in [0.5, 0.6) is 0 Å². The third-order valence-corrected chi connectivity index (χ3v) is 0. The second-order valence-corrected chi connectivity index (χ2v) is 2.88. The average Bonchev–Trinajstić information content (AvgIpc) is 1.12. The van der Waals surface area contributed by atoms with Crippen LogP contribution >= 0.6 is 7.82 Å². The fourth-order valence-corrected chi connectivity index (χ4v) is 0. The van der Waals surface area contributed by atoms with Gasteiger partial charge in [-0.15, -0.1) is 0 Å². The molecule has 0 amide bonds. The standard InChI is InChI=1S/CH4.H3O4P.H2O4S/c;2*1-5(2,3)4/h1H4;(H3,1,2,3,4);(H2,1,2,3,4). The van der Waals surface area contributed by atoms with E-state index in [1.807, 2.05) is 0 Å². The van der Waals surface area contributed by atoms with E-state index in [1.54, 1.807) is 0 Å². The first-order valence-electron chi connectivity index (χ1n) is 1.48. The maximum Gasteiger partial charge on any atom is 0.466 e. The first-order chi connectivity index (χ1) is 4.00. The van der Waals surface area contributed by atoms with Crippen molar-refractivity contribution in [2.45, 2.75) is 7.43 Å². The minimum Gasteiger partial charge on any atom is -0.303 e. The largest absolute Gasteiger partial charge is 0.466 e.